The van der Waals surface area contributed by atoms with Crippen LogP contribution in [0.5, 0.6) is 0 Å². The largest absolute Gasteiger partial charge is 0.354 e. The first-order chi connectivity index (χ1) is 9.69. The first kappa shape index (κ1) is 14.2. The van der Waals surface area contributed by atoms with Crippen molar-refractivity contribution in [1.29, 1.82) is 0 Å². The van der Waals surface area contributed by atoms with Crippen molar-refractivity contribution in [2.24, 2.45) is 0 Å². The third-order valence-electron chi connectivity index (χ3n) is 2.69. The quantitative estimate of drug-likeness (QED) is 0.864. The van der Waals surface area contributed by atoms with Gasteiger partial charge in [0, 0.05) is 39.5 Å². The van der Waals surface area contributed by atoms with Crippen molar-refractivity contribution in [3.8, 4) is 0 Å². The second-order valence-electron chi connectivity index (χ2n) is 4.73. The Bertz CT molecular complexity index is 541. The number of pyridine rings is 1. The molecule has 0 aliphatic rings. The molecule has 0 aliphatic carbocycles. The summed E-state index contributed by atoms with van der Waals surface area (Å²) in [5.41, 5.74) is 1.09. The van der Waals surface area contributed by atoms with Crippen molar-refractivity contribution < 1.29 is 0 Å². The Morgan fingerprint density at radius 1 is 1.20 bits per heavy atom. The zero-order valence-corrected chi connectivity index (χ0v) is 12.2. The monoisotopic (exact) mass is 272 g/mol. The number of anilines is 2. The van der Waals surface area contributed by atoms with Crippen molar-refractivity contribution in [3.63, 3.8) is 0 Å². The minimum Gasteiger partial charge on any atom is -0.354 e. The fraction of sp³-hybridized carbons (Fsp3) is 0.429. The number of aromatic nitrogens is 4. The zero-order chi connectivity index (χ0) is 14.4. The van der Waals surface area contributed by atoms with E-state index in [1.165, 1.54) is 0 Å². The van der Waals surface area contributed by atoms with E-state index in [1.807, 2.05) is 37.3 Å². The molecule has 6 nitrogen and oxygen atoms in total. The van der Waals surface area contributed by atoms with Crippen LogP contribution < -0.4 is 10.2 Å². The fourth-order valence-corrected chi connectivity index (χ4v) is 1.69. The van der Waals surface area contributed by atoms with Gasteiger partial charge in [-0.3, -0.25) is 4.98 Å². The van der Waals surface area contributed by atoms with Crippen LogP contribution in [0.3, 0.4) is 0 Å². The van der Waals surface area contributed by atoms with Crippen molar-refractivity contribution in [3.05, 3.63) is 35.9 Å². The Hall–Kier alpha value is -2.24. The number of hydrogen-bond donors (Lipinski definition) is 1. The number of nitrogens with one attached hydrogen (secondary N) is 1. The van der Waals surface area contributed by atoms with Gasteiger partial charge in [0.25, 0.3) is 0 Å². The SMILES string of the molecule is CCCNc1nc(Cc2cccnc2)nc(N(C)C)n1. The molecule has 0 radical (unpaired) electrons. The van der Waals surface area contributed by atoms with E-state index in [-0.39, 0.29) is 0 Å². The maximum Gasteiger partial charge on any atom is 0.229 e. The summed E-state index contributed by atoms with van der Waals surface area (Å²) in [6, 6.07) is 3.94. The van der Waals surface area contributed by atoms with Crippen LogP contribution in [0, 0.1) is 0 Å². The van der Waals surface area contributed by atoms with Gasteiger partial charge in [0.1, 0.15) is 5.82 Å². The van der Waals surface area contributed by atoms with Gasteiger partial charge in [-0.15, -0.1) is 0 Å². The maximum atomic E-state index is 4.47. The summed E-state index contributed by atoms with van der Waals surface area (Å²) >= 11 is 0. The van der Waals surface area contributed by atoms with Crippen LogP contribution in [-0.2, 0) is 6.42 Å². The van der Waals surface area contributed by atoms with Gasteiger partial charge in [-0.2, -0.15) is 15.0 Å². The molecule has 2 aromatic rings. The molecule has 0 saturated carbocycles. The van der Waals surface area contributed by atoms with Gasteiger partial charge in [-0.25, -0.2) is 0 Å². The van der Waals surface area contributed by atoms with Gasteiger partial charge in [0.05, 0.1) is 0 Å². The highest BCUT2D eigenvalue weighted by molar-refractivity contribution is 5.36. The standard InChI is InChI=1S/C14H20N6/c1-4-7-16-13-17-12(18-14(19-13)20(2)3)9-11-6-5-8-15-10-11/h5-6,8,10H,4,7,9H2,1-3H3,(H,16,17,18,19). The molecule has 0 bridgehead atoms. The Morgan fingerprint density at radius 2 is 2.05 bits per heavy atom. The van der Waals surface area contributed by atoms with Crippen molar-refractivity contribution in [2.75, 3.05) is 30.9 Å². The average Bonchev–Trinajstić information content (AvgIpc) is 2.46. The summed E-state index contributed by atoms with van der Waals surface area (Å²) in [6.07, 6.45) is 5.27. The van der Waals surface area contributed by atoms with E-state index in [9.17, 15) is 0 Å². The number of nitrogens with zero attached hydrogens (tertiary/aromatic N) is 5. The summed E-state index contributed by atoms with van der Waals surface area (Å²) in [7, 11) is 3.85. The predicted molar refractivity (Wildman–Crippen MR) is 80.0 cm³/mol. The van der Waals surface area contributed by atoms with Crippen molar-refractivity contribution in [1.82, 2.24) is 19.9 Å². The van der Waals surface area contributed by atoms with E-state index in [1.54, 1.807) is 6.20 Å². The molecule has 0 amide bonds. The van der Waals surface area contributed by atoms with Crippen LogP contribution in [0.2, 0.25) is 0 Å². The molecule has 6 heteroatoms. The second kappa shape index (κ2) is 6.79. The molecule has 1 N–H and O–H groups in total. The second-order valence-corrected chi connectivity index (χ2v) is 4.73. The highest BCUT2D eigenvalue weighted by Crippen LogP contribution is 2.11. The lowest BCUT2D eigenvalue weighted by molar-refractivity contribution is 0.866. The molecule has 0 aromatic carbocycles. The van der Waals surface area contributed by atoms with Gasteiger partial charge in [0.15, 0.2) is 0 Å². The third kappa shape index (κ3) is 3.88. The van der Waals surface area contributed by atoms with Crippen LogP contribution >= 0.6 is 0 Å². The van der Waals surface area contributed by atoms with Gasteiger partial charge in [0.2, 0.25) is 11.9 Å². The first-order valence-electron chi connectivity index (χ1n) is 6.74. The lowest BCUT2D eigenvalue weighted by atomic mass is 10.2. The van der Waals surface area contributed by atoms with Crippen LogP contribution in [-0.4, -0.2) is 40.6 Å². The molecule has 2 heterocycles. The molecular weight excluding hydrogens is 252 g/mol. The molecule has 0 fully saturated rings. The molecule has 0 aliphatic heterocycles. The minimum absolute atomic E-state index is 0.629. The smallest absolute Gasteiger partial charge is 0.229 e. The summed E-state index contributed by atoms with van der Waals surface area (Å²) in [6.45, 7) is 2.96. The molecule has 20 heavy (non-hydrogen) atoms. The fourth-order valence-electron chi connectivity index (χ4n) is 1.69. The topological polar surface area (TPSA) is 66.8 Å². The van der Waals surface area contributed by atoms with E-state index in [0.717, 1.165) is 24.4 Å². The normalized spacial score (nSPS) is 10.3. The molecular formula is C14H20N6. The lowest BCUT2D eigenvalue weighted by Crippen LogP contribution is -2.17. The number of rotatable bonds is 6. The van der Waals surface area contributed by atoms with Crippen molar-refractivity contribution in [2.45, 2.75) is 19.8 Å². The Kier molecular flexibility index (Phi) is 4.81. The van der Waals surface area contributed by atoms with Gasteiger partial charge in [-0.05, 0) is 18.1 Å². The van der Waals surface area contributed by atoms with E-state index in [0.29, 0.717) is 18.3 Å². The summed E-state index contributed by atoms with van der Waals surface area (Å²) in [5.74, 6) is 2.04. The Morgan fingerprint density at radius 3 is 2.70 bits per heavy atom. The Labute approximate surface area is 119 Å². The molecule has 0 spiro atoms. The predicted octanol–water partition coefficient (Wildman–Crippen LogP) is 1.75. The highest BCUT2D eigenvalue weighted by Gasteiger charge is 2.08. The van der Waals surface area contributed by atoms with Gasteiger partial charge in [-0.1, -0.05) is 13.0 Å². The van der Waals surface area contributed by atoms with E-state index in [2.05, 4.69) is 32.2 Å². The van der Waals surface area contributed by atoms with Crippen LogP contribution in [0.1, 0.15) is 24.7 Å². The average molecular weight is 272 g/mol. The minimum atomic E-state index is 0.629. The molecule has 0 unspecified atom stereocenters. The number of hydrogen-bond acceptors (Lipinski definition) is 6. The maximum absolute atomic E-state index is 4.47. The molecule has 0 atom stereocenters. The first-order valence-corrected chi connectivity index (χ1v) is 6.74. The Balaban J connectivity index is 2.24. The molecule has 2 aromatic heterocycles. The van der Waals surface area contributed by atoms with Crippen LogP contribution in [0.15, 0.2) is 24.5 Å². The highest BCUT2D eigenvalue weighted by atomic mass is 15.3. The van der Waals surface area contributed by atoms with E-state index in [4.69, 9.17) is 0 Å². The molecule has 106 valence electrons. The lowest BCUT2D eigenvalue weighted by Gasteiger charge is -2.13. The third-order valence-corrected chi connectivity index (χ3v) is 2.69. The van der Waals surface area contributed by atoms with E-state index >= 15 is 0 Å². The van der Waals surface area contributed by atoms with Gasteiger partial charge < -0.3 is 10.2 Å². The molecule has 2 rings (SSSR count). The van der Waals surface area contributed by atoms with Crippen molar-refractivity contribution >= 4 is 11.9 Å². The van der Waals surface area contributed by atoms with E-state index < -0.39 is 0 Å². The summed E-state index contributed by atoms with van der Waals surface area (Å²) < 4.78 is 0. The van der Waals surface area contributed by atoms with Crippen LogP contribution in [0.25, 0.3) is 0 Å². The molecule has 0 saturated heterocycles. The summed E-state index contributed by atoms with van der Waals surface area (Å²) in [5, 5.41) is 3.21. The van der Waals surface area contributed by atoms with Gasteiger partial charge >= 0.3 is 0 Å². The zero-order valence-electron chi connectivity index (χ0n) is 12.2. The summed E-state index contributed by atoms with van der Waals surface area (Å²) in [4.78, 5) is 19.3. The van der Waals surface area contributed by atoms with Crippen LogP contribution in [0.4, 0.5) is 11.9 Å².